The van der Waals surface area contributed by atoms with Crippen molar-refractivity contribution in [2.24, 2.45) is 10.6 Å². The maximum absolute atomic E-state index is 8.76. The van der Waals surface area contributed by atoms with Gasteiger partial charge in [0.15, 0.2) is 0 Å². The Hall–Kier alpha value is 0.000000000000000278. The molecule has 0 bridgehead atoms. The van der Waals surface area contributed by atoms with Gasteiger partial charge in [-0.05, 0) is 10.0 Å². The van der Waals surface area contributed by atoms with Crippen molar-refractivity contribution in [1.82, 2.24) is 0 Å². The van der Waals surface area contributed by atoms with E-state index in [9.17, 15) is 0 Å². The van der Waals surface area contributed by atoms with Crippen molar-refractivity contribution in [3.05, 3.63) is 20.8 Å². The first-order chi connectivity index (χ1) is 4.54. The monoisotopic (exact) mass is 200 g/mol. The normalized spacial score (nSPS) is 5.33. The molecule has 0 aromatic rings. The van der Waals surface area contributed by atoms with Crippen molar-refractivity contribution in [1.29, 1.82) is 0 Å². The summed E-state index contributed by atoms with van der Waals surface area (Å²) in [5.41, 5.74) is 0. The second kappa shape index (κ2) is 17.2. The fourth-order valence-corrected chi connectivity index (χ4v) is 0. The first-order valence-corrected chi connectivity index (χ1v) is 1.53. The summed E-state index contributed by atoms with van der Waals surface area (Å²) in [6.45, 7) is 0. The zero-order chi connectivity index (χ0) is 8.57. The summed E-state index contributed by atoms with van der Waals surface area (Å²) in [6.07, 6.45) is 0. The van der Waals surface area contributed by atoms with Crippen LogP contribution in [0.25, 0.3) is 0 Å². The van der Waals surface area contributed by atoms with E-state index in [1.807, 2.05) is 0 Å². The molecule has 60 valence electrons. The van der Waals surface area contributed by atoms with Gasteiger partial charge >= 0.3 is 59.1 Å². The van der Waals surface area contributed by atoms with Crippen molar-refractivity contribution in [2.75, 3.05) is 0 Å². The van der Waals surface area contributed by atoms with Gasteiger partial charge in [0.1, 0.15) is 0 Å². The van der Waals surface area contributed by atoms with Crippen LogP contribution in [0.15, 0.2) is 10.6 Å². The molecule has 0 amide bonds. The third-order valence-electron chi connectivity index (χ3n) is 0.146. The van der Waals surface area contributed by atoms with E-state index in [0.29, 0.717) is 0 Å². The molecule has 0 aliphatic heterocycles. The molecule has 12 heteroatoms. The van der Waals surface area contributed by atoms with E-state index in [0.717, 1.165) is 0 Å². The zero-order valence-corrected chi connectivity index (χ0v) is 10.3. The van der Waals surface area contributed by atoms with Gasteiger partial charge in [0.25, 0.3) is 0 Å². The Bertz CT molecular complexity index is 110. The van der Waals surface area contributed by atoms with Gasteiger partial charge in [-0.3, -0.25) is 0 Å². The average Bonchev–Trinajstić information content (AvgIpc) is 1.89. The molecule has 0 aromatic heterocycles. The largest absolute Gasteiger partial charge is 1.00 e. The second-order valence-electron chi connectivity index (χ2n) is 0.655. The predicted octanol–water partition coefficient (Wildman–Crippen LogP) is -6.32. The molecule has 0 rings (SSSR count). The number of nitrogens with zero attached hydrogens (tertiary/aromatic N) is 4. The van der Waals surface area contributed by atoms with Crippen LogP contribution in [0, 0.1) is 20.8 Å². The van der Waals surface area contributed by atoms with Crippen LogP contribution in [0.5, 0.6) is 0 Å². The van der Waals surface area contributed by atoms with Crippen LogP contribution in [-0.4, -0.2) is 20.5 Å². The summed E-state index contributed by atoms with van der Waals surface area (Å²) in [5.74, 6) is 0. The molecule has 0 saturated carbocycles. The fourth-order valence-electron chi connectivity index (χ4n) is 0. The molecule has 0 aliphatic rings. The Balaban J connectivity index is -0.0000000457. The molecule has 0 radical (unpaired) electrons. The third-order valence-corrected chi connectivity index (χ3v) is 0.146. The molecule has 0 heterocycles. The first kappa shape index (κ1) is 22.7. The molecule has 0 aromatic carbocycles. The summed E-state index contributed by atoms with van der Waals surface area (Å²) >= 11 is 0. The molecule has 0 spiro atoms. The third kappa shape index (κ3) is 50.6. The smallest absolute Gasteiger partial charge is 0.585 e. The Kier molecular flexibility index (Phi) is 32.5. The van der Waals surface area contributed by atoms with Gasteiger partial charge < -0.3 is 31.2 Å². The minimum atomic E-state index is -1.19. The van der Waals surface area contributed by atoms with Crippen LogP contribution < -0.4 is 59.1 Å². The predicted molar refractivity (Wildman–Crippen MR) is 22.4 cm³/mol. The van der Waals surface area contributed by atoms with Crippen molar-refractivity contribution in [3.63, 3.8) is 0 Å². The quantitative estimate of drug-likeness (QED) is 0.224. The second-order valence-corrected chi connectivity index (χ2v) is 0.655. The maximum atomic E-state index is 8.76. The molecule has 12 heavy (non-hydrogen) atoms. The van der Waals surface area contributed by atoms with Crippen LogP contribution in [0.4, 0.5) is 0 Å². The minimum absolute atomic E-state index is 0. The molecular weight excluding hydrogens is 198 g/mol. The minimum Gasteiger partial charge on any atom is -0.585 e. The molecule has 0 saturated heterocycles. The zero-order valence-electron chi connectivity index (χ0n) is 6.32. The Morgan fingerprint density at radius 2 is 0.833 bits per heavy atom. The summed E-state index contributed by atoms with van der Waals surface area (Å²) in [5, 5.41) is 50.0. The topological polar surface area (TPSA) is 163 Å². The van der Waals surface area contributed by atoms with Crippen LogP contribution in [0.1, 0.15) is 0 Å². The summed E-state index contributed by atoms with van der Waals surface area (Å²) in [6, 6.07) is 0. The van der Waals surface area contributed by atoms with E-state index in [4.69, 9.17) is 31.2 Å². The SMILES string of the molecule is [Na+].[Na+].[O-][N+]([O-])=NO.[O-][N+]([O-])=NO. The van der Waals surface area contributed by atoms with E-state index >= 15 is 0 Å². The average molecular weight is 200 g/mol. The van der Waals surface area contributed by atoms with Crippen LogP contribution >= 0.6 is 0 Å². The number of hydrogen-bond donors (Lipinski definition) is 2. The molecule has 0 aliphatic carbocycles. The summed E-state index contributed by atoms with van der Waals surface area (Å²) in [4.78, 5) is 0. The molecule has 10 nitrogen and oxygen atoms in total. The van der Waals surface area contributed by atoms with Crippen LogP contribution in [0.3, 0.4) is 0 Å². The van der Waals surface area contributed by atoms with Gasteiger partial charge in [0.05, 0.1) is 0 Å². The van der Waals surface area contributed by atoms with Crippen LogP contribution in [-0.2, 0) is 0 Å². The van der Waals surface area contributed by atoms with Crippen molar-refractivity contribution < 1.29 is 79.6 Å². The summed E-state index contributed by atoms with van der Waals surface area (Å²) < 4.78 is 0. The van der Waals surface area contributed by atoms with Crippen LogP contribution in [0.2, 0.25) is 0 Å². The van der Waals surface area contributed by atoms with Gasteiger partial charge in [0, 0.05) is 0 Å². The Morgan fingerprint density at radius 1 is 0.750 bits per heavy atom. The molecule has 0 fully saturated rings. The molecule has 0 atom stereocenters. The Morgan fingerprint density at radius 3 is 0.833 bits per heavy atom. The van der Waals surface area contributed by atoms with Crippen molar-refractivity contribution >= 4 is 0 Å². The number of hydrogen-bond acceptors (Lipinski definition) is 6. The number of rotatable bonds is 0. The van der Waals surface area contributed by atoms with Gasteiger partial charge in [0.2, 0.25) is 10.6 Å². The Labute approximate surface area is 110 Å². The fraction of sp³-hybridized carbons (Fsp3) is 0. The van der Waals surface area contributed by atoms with E-state index in [-0.39, 0.29) is 59.1 Å². The van der Waals surface area contributed by atoms with Gasteiger partial charge in [-0.2, -0.15) is 0 Å². The molecular formula is H2N4Na2O6. The van der Waals surface area contributed by atoms with Gasteiger partial charge in [-0.25, -0.2) is 0 Å². The van der Waals surface area contributed by atoms with Gasteiger partial charge in [-0.1, -0.05) is 0 Å². The first-order valence-electron chi connectivity index (χ1n) is 1.53. The standard InChI is InChI=1S/2HN2O3.2Na/c2*3-1-2(4)5;;/h2*(H-,1,3,4,5);;/q2*-1;2*+1. The van der Waals surface area contributed by atoms with E-state index in [1.165, 1.54) is 0 Å². The van der Waals surface area contributed by atoms with E-state index < -0.39 is 10.0 Å². The molecule has 0 unspecified atom stereocenters. The summed E-state index contributed by atoms with van der Waals surface area (Å²) in [7, 11) is 0. The van der Waals surface area contributed by atoms with E-state index in [2.05, 4.69) is 0 Å². The maximum Gasteiger partial charge on any atom is 1.00 e. The van der Waals surface area contributed by atoms with Gasteiger partial charge in [-0.15, -0.1) is 0 Å². The molecule has 2 N–H and O–H groups in total. The van der Waals surface area contributed by atoms with Crippen molar-refractivity contribution in [2.45, 2.75) is 0 Å². The van der Waals surface area contributed by atoms with E-state index in [1.54, 1.807) is 10.6 Å². The van der Waals surface area contributed by atoms with Crippen molar-refractivity contribution in [3.8, 4) is 0 Å².